The number of sulfonamides is 1. The number of nitrogens with one attached hydrogen (secondary N) is 1. The minimum atomic E-state index is -3.03. The summed E-state index contributed by atoms with van der Waals surface area (Å²) in [6.45, 7) is 9.39. The van der Waals surface area contributed by atoms with Crippen LogP contribution < -0.4 is 4.72 Å². The van der Waals surface area contributed by atoms with Crippen molar-refractivity contribution in [2.24, 2.45) is 0 Å². The maximum absolute atomic E-state index is 11.4. The lowest BCUT2D eigenvalue weighted by molar-refractivity contribution is 0.309. The zero-order valence-electron chi connectivity index (χ0n) is 10.1. The SMILES string of the molecule is CCCCS(=O)(=O)NCCN(CC)CC. The van der Waals surface area contributed by atoms with E-state index in [0.29, 0.717) is 6.54 Å². The van der Waals surface area contributed by atoms with Gasteiger partial charge in [-0.1, -0.05) is 27.2 Å². The number of rotatable bonds is 9. The van der Waals surface area contributed by atoms with E-state index in [2.05, 4.69) is 23.5 Å². The van der Waals surface area contributed by atoms with Crippen LogP contribution >= 0.6 is 0 Å². The van der Waals surface area contributed by atoms with E-state index in [1.807, 2.05) is 6.92 Å². The summed E-state index contributed by atoms with van der Waals surface area (Å²) in [6, 6.07) is 0. The molecule has 0 aromatic rings. The van der Waals surface area contributed by atoms with Crippen LogP contribution in [0.2, 0.25) is 0 Å². The molecule has 0 aliphatic heterocycles. The van der Waals surface area contributed by atoms with Gasteiger partial charge in [0.1, 0.15) is 0 Å². The number of hydrogen-bond donors (Lipinski definition) is 1. The second kappa shape index (κ2) is 8.07. The van der Waals surface area contributed by atoms with Crippen molar-refractivity contribution in [1.29, 1.82) is 0 Å². The van der Waals surface area contributed by atoms with Crippen LogP contribution in [-0.2, 0) is 10.0 Å². The third-order valence-electron chi connectivity index (χ3n) is 2.41. The molecule has 4 nitrogen and oxygen atoms in total. The van der Waals surface area contributed by atoms with Crippen molar-refractivity contribution < 1.29 is 8.42 Å². The molecule has 1 N–H and O–H groups in total. The molecule has 0 saturated carbocycles. The van der Waals surface area contributed by atoms with Crippen LogP contribution in [0, 0.1) is 0 Å². The van der Waals surface area contributed by atoms with Crippen LogP contribution in [0.4, 0.5) is 0 Å². The van der Waals surface area contributed by atoms with Crippen molar-refractivity contribution in [3.63, 3.8) is 0 Å². The molecule has 0 amide bonds. The van der Waals surface area contributed by atoms with E-state index in [-0.39, 0.29) is 5.75 Å². The van der Waals surface area contributed by atoms with E-state index in [1.165, 1.54) is 0 Å². The Bertz CT molecular complexity index is 236. The monoisotopic (exact) mass is 236 g/mol. The van der Waals surface area contributed by atoms with Gasteiger partial charge in [-0.05, 0) is 19.5 Å². The van der Waals surface area contributed by atoms with Crippen molar-refractivity contribution >= 4 is 10.0 Å². The summed E-state index contributed by atoms with van der Waals surface area (Å²) >= 11 is 0. The first kappa shape index (κ1) is 14.9. The zero-order chi connectivity index (χ0) is 11.7. The van der Waals surface area contributed by atoms with E-state index in [4.69, 9.17) is 0 Å². The molecule has 0 aliphatic rings. The van der Waals surface area contributed by atoms with Crippen molar-refractivity contribution in [1.82, 2.24) is 9.62 Å². The second-order valence-corrected chi connectivity index (χ2v) is 5.52. The normalized spacial score (nSPS) is 12.3. The maximum Gasteiger partial charge on any atom is 0.211 e. The molecule has 92 valence electrons. The summed E-state index contributed by atoms with van der Waals surface area (Å²) in [7, 11) is -3.03. The maximum atomic E-state index is 11.4. The molecular formula is C10H24N2O2S. The van der Waals surface area contributed by atoms with Crippen LogP contribution in [0.3, 0.4) is 0 Å². The van der Waals surface area contributed by atoms with E-state index in [9.17, 15) is 8.42 Å². The lowest BCUT2D eigenvalue weighted by Crippen LogP contribution is -2.35. The Morgan fingerprint density at radius 2 is 1.73 bits per heavy atom. The van der Waals surface area contributed by atoms with Gasteiger partial charge in [0, 0.05) is 13.1 Å². The summed E-state index contributed by atoms with van der Waals surface area (Å²) in [6.07, 6.45) is 1.65. The quantitative estimate of drug-likeness (QED) is 0.651. The van der Waals surface area contributed by atoms with E-state index < -0.39 is 10.0 Å². The van der Waals surface area contributed by atoms with Gasteiger partial charge in [0.05, 0.1) is 5.75 Å². The molecule has 0 aliphatic carbocycles. The summed E-state index contributed by atoms with van der Waals surface area (Å²) in [5.41, 5.74) is 0. The van der Waals surface area contributed by atoms with Crippen LogP contribution in [0.5, 0.6) is 0 Å². The fourth-order valence-electron chi connectivity index (χ4n) is 1.31. The van der Waals surface area contributed by atoms with Crippen LogP contribution in [-0.4, -0.2) is 45.2 Å². The third-order valence-corrected chi connectivity index (χ3v) is 3.88. The van der Waals surface area contributed by atoms with Crippen LogP contribution in [0.1, 0.15) is 33.6 Å². The Labute approximate surface area is 94.1 Å². The largest absolute Gasteiger partial charge is 0.303 e. The van der Waals surface area contributed by atoms with Crippen molar-refractivity contribution in [2.75, 3.05) is 31.9 Å². The van der Waals surface area contributed by atoms with Gasteiger partial charge in [0.25, 0.3) is 0 Å². The van der Waals surface area contributed by atoms with Gasteiger partial charge in [-0.25, -0.2) is 13.1 Å². The average Bonchev–Trinajstić information content (AvgIpc) is 2.22. The first-order valence-electron chi connectivity index (χ1n) is 5.75. The minimum absolute atomic E-state index is 0.252. The fraction of sp³-hybridized carbons (Fsp3) is 1.00. The minimum Gasteiger partial charge on any atom is -0.303 e. The highest BCUT2D eigenvalue weighted by Crippen LogP contribution is 1.93. The molecule has 15 heavy (non-hydrogen) atoms. The molecule has 0 heterocycles. The Morgan fingerprint density at radius 1 is 1.13 bits per heavy atom. The van der Waals surface area contributed by atoms with E-state index in [1.54, 1.807) is 0 Å². The van der Waals surface area contributed by atoms with E-state index >= 15 is 0 Å². The molecule has 0 rings (SSSR count). The highest BCUT2D eigenvalue weighted by Gasteiger charge is 2.08. The smallest absolute Gasteiger partial charge is 0.211 e. The highest BCUT2D eigenvalue weighted by molar-refractivity contribution is 7.89. The molecule has 0 unspecified atom stereocenters. The average molecular weight is 236 g/mol. The Hall–Kier alpha value is -0.130. The third kappa shape index (κ3) is 7.76. The molecule has 0 saturated heterocycles. The van der Waals surface area contributed by atoms with Crippen LogP contribution in [0.15, 0.2) is 0 Å². The van der Waals surface area contributed by atoms with Crippen LogP contribution in [0.25, 0.3) is 0 Å². The standard InChI is InChI=1S/C10H24N2O2S/c1-4-7-10-15(13,14)11-8-9-12(5-2)6-3/h11H,4-10H2,1-3H3. The van der Waals surface area contributed by atoms with Gasteiger partial charge in [-0.15, -0.1) is 0 Å². The number of likely N-dealkylation sites (N-methyl/N-ethyl adjacent to an activating group) is 1. The van der Waals surface area contributed by atoms with Gasteiger partial charge < -0.3 is 4.90 Å². The van der Waals surface area contributed by atoms with Gasteiger partial charge in [0.15, 0.2) is 0 Å². The van der Waals surface area contributed by atoms with Gasteiger partial charge >= 0.3 is 0 Å². The first-order valence-corrected chi connectivity index (χ1v) is 7.40. The summed E-state index contributed by atoms with van der Waals surface area (Å²) < 4.78 is 25.5. The predicted octanol–water partition coefficient (Wildman–Crippen LogP) is 1.05. The van der Waals surface area contributed by atoms with Crippen molar-refractivity contribution in [3.05, 3.63) is 0 Å². The first-order chi connectivity index (χ1) is 7.05. The Balaban J connectivity index is 3.74. The molecule has 0 aromatic heterocycles. The second-order valence-electron chi connectivity index (χ2n) is 3.59. The summed E-state index contributed by atoms with van der Waals surface area (Å²) in [5.74, 6) is 0.252. The topological polar surface area (TPSA) is 49.4 Å². The molecule has 0 fully saturated rings. The predicted molar refractivity (Wildman–Crippen MR) is 64.5 cm³/mol. The van der Waals surface area contributed by atoms with E-state index in [0.717, 1.165) is 32.5 Å². The Morgan fingerprint density at radius 3 is 2.20 bits per heavy atom. The molecule has 0 spiro atoms. The molecule has 0 bridgehead atoms. The Kier molecular flexibility index (Phi) is 8.00. The molecule has 0 aromatic carbocycles. The van der Waals surface area contributed by atoms with Gasteiger partial charge in [0.2, 0.25) is 10.0 Å². The molecular weight excluding hydrogens is 212 g/mol. The lowest BCUT2D eigenvalue weighted by Gasteiger charge is -2.17. The summed E-state index contributed by atoms with van der Waals surface area (Å²) in [5, 5.41) is 0. The van der Waals surface area contributed by atoms with Gasteiger partial charge in [-0.3, -0.25) is 0 Å². The highest BCUT2D eigenvalue weighted by atomic mass is 32.2. The molecule has 5 heteroatoms. The number of hydrogen-bond acceptors (Lipinski definition) is 3. The number of unbranched alkanes of at least 4 members (excludes halogenated alkanes) is 1. The van der Waals surface area contributed by atoms with Gasteiger partial charge in [-0.2, -0.15) is 0 Å². The zero-order valence-corrected chi connectivity index (χ0v) is 10.9. The molecule has 0 atom stereocenters. The lowest BCUT2D eigenvalue weighted by atomic mass is 10.4. The fourth-order valence-corrected chi connectivity index (χ4v) is 2.52. The van der Waals surface area contributed by atoms with Crippen molar-refractivity contribution in [3.8, 4) is 0 Å². The van der Waals surface area contributed by atoms with Crippen molar-refractivity contribution in [2.45, 2.75) is 33.6 Å². The molecule has 0 radical (unpaired) electrons. The summed E-state index contributed by atoms with van der Waals surface area (Å²) in [4.78, 5) is 2.20. The number of nitrogens with zero attached hydrogens (tertiary/aromatic N) is 1.